The van der Waals surface area contributed by atoms with Gasteiger partial charge in [-0.1, -0.05) is 24.6 Å². The van der Waals surface area contributed by atoms with Gasteiger partial charge < -0.3 is 4.74 Å². The van der Waals surface area contributed by atoms with Crippen LogP contribution in [0.3, 0.4) is 0 Å². The number of aryl methyl sites for hydroxylation is 5. The lowest BCUT2D eigenvalue weighted by atomic mass is 9.92. The molecule has 1 heterocycles. The topological polar surface area (TPSA) is 44.1 Å². The van der Waals surface area contributed by atoms with Gasteiger partial charge in [-0.25, -0.2) is 4.68 Å². The molecule has 0 N–H and O–H groups in total. The molecule has 0 aliphatic rings. The average Bonchev–Trinajstić information content (AvgIpc) is 2.42. The van der Waals surface area contributed by atoms with Crippen molar-refractivity contribution in [1.82, 2.24) is 9.78 Å². The van der Waals surface area contributed by atoms with Gasteiger partial charge in [0.15, 0.2) is 5.75 Å². The maximum atomic E-state index is 12.6. The van der Waals surface area contributed by atoms with Gasteiger partial charge in [0.05, 0.1) is 12.7 Å². The van der Waals surface area contributed by atoms with Gasteiger partial charge in [-0.2, -0.15) is 5.10 Å². The first-order valence-corrected chi connectivity index (χ1v) is 7.13. The molecule has 0 spiro atoms. The summed E-state index contributed by atoms with van der Waals surface area (Å²) in [5, 5.41) is 4.21. The third kappa shape index (κ3) is 2.58. The molecule has 4 heteroatoms. The Bertz CT molecular complexity index is 745. The quantitative estimate of drug-likeness (QED) is 0.871. The number of methoxy groups -OCH3 is 1. The molecule has 112 valence electrons. The van der Waals surface area contributed by atoms with Crippen LogP contribution in [0, 0.1) is 20.8 Å². The van der Waals surface area contributed by atoms with Crippen molar-refractivity contribution in [2.45, 2.75) is 34.1 Å². The van der Waals surface area contributed by atoms with Crippen LogP contribution in [-0.2, 0) is 13.5 Å². The molecule has 1 aromatic heterocycles. The minimum absolute atomic E-state index is 0.126. The van der Waals surface area contributed by atoms with E-state index in [9.17, 15) is 4.79 Å². The lowest BCUT2D eigenvalue weighted by Crippen LogP contribution is -2.24. The van der Waals surface area contributed by atoms with Crippen molar-refractivity contribution < 1.29 is 4.74 Å². The summed E-state index contributed by atoms with van der Waals surface area (Å²) in [4.78, 5) is 12.6. The van der Waals surface area contributed by atoms with Crippen LogP contribution in [-0.4, -0.2) is 16.9 Å². The van der Waals surface area contributed by atoms with Crippen LogP contribution in [0.2, 0.25) is 0 Å². The van der Waals surface area contributed by atoms with Crippen LogP contribution in [0.5, 0.6) is 5.75 Å². The third-order valence-electron chi connectivity index (χ3n) is 3.76. The summed E-state index contributed by atoms with van der Waals surface area (Å²) in [7, 11) is 3.26. The first-order chi connectivity index (χ1) is 9.90. The van der Waals surface area contributed by atoms with E-state index in [1.165, 1.54) is 10.2 Å². The Labute approximate surface area is 125 Å². The van der Waals surface area contributed by atoms with E-state index < -0.39 is 0 Å². The van der Waals surface area contributed by atoms with Crippen LogP contribution in [0.15, 0.2) is 16.9 Å². The van der Waals surface area contributed by atoms with Crippen molar-refractivity contribution in [2.75, 3.05) is 7.11 Å². The maximum absolute atomic E-state index is 12.6. The number of hydrogen-bond donors (Lipinski definition) is 0. The zero-order valence-electron chi connectivity index (χ0n) is 13.6. The Balaban J connectivity index is 2.94. The van der Waals surface area contributed by atoms with Crippen molar-refractivity contribution in [3.05, 3.63) is 44.9 Å². The van der Waals surface area contributed by atoms with Crippen LogP contribution in [0.1, 0.15) is 29.3 Å². The second-order valence-corrected chi connectivity index (χ2v) is 5.39. The molecule has 1 aromatic carbocycles. The second kappa shape index (κ2) is 5.72. The predicted octanol–water partition coefficient (Wildman–Crippen LogP) is 2.94. The summed E-state index contributed by atoms with van der Waals surface area (Å²) >= 11 is 0. The van der Waals surface area contributed by atoms with E-state index in [1.54, 1.807) is 14.2 Å². The number of ether oxygens (including phenoxy) is 1. The second-order valence-electron chi connectivity index (χ2n) is 5.39. The molecule has 0 bridgehead atoms. The lowest BCUT2D eigenvalue weighted by Gasteiger charge is -2.17. The van der Waals surface area contributed by atoms with Crippen molar-refractivity contribution in [3.63, 3.8) is 0 Å². The summed E-state index contributed by atoms with van der Waals surface area (Å²) in [5.74, 6) is 0.569. The summed E-state index contributed by atoms with van der Waals surface area (Å²) in [5.41, 5.74) is 5.64. The van der Waals surface area contributed by atoms with Crippen LogP contribution in [0.4, 0.5) is 0 Å². The zero-order chi connectivity index (χ0) is 15.7. The molecule has 4 nitrogen and oxygen atoms in total. The monoisotopic (exact) mass is 286 g/mol. The van der Waals surface area contributed by atoms with E-state index in [0.29, 0.717) is 11.3 Å². The van der Waals surface area contributed by atoms with Crippen molar-refractivity contribution in [2.24, 2.45) is 7.05 Å². The molecule has 21 heavy (non-hydrogen) atoms. The molecular formula is C17H22N2O2. The molecule has 0 fully saturated rings. The molecule has 0 aliphatic heterocycles. The van der Waals surface area contributed by atoms with Gasteiger partial charge in [-0.15, -0.1) is 0 Å². The van der Waals surface area contributed by atoms with E-state index in [2.05, 4.69) is 31.1 Å². The first kappa shape index (κ1) is 15.3. The van der Waals surface area contributed by atoms with E-state index in [4.69, 9.17) is 4.74 Å². The highest BCUT2D eigenvalue weighted by Crippen LogP contribution is 2.34. The smallest absolute Gasteiger partial charge is 0.278 e. The van der Waals surface area contributed by atoms with Gasteiger partial charge in [-0.05, 0) is 43.9 Å². The Morgan fingerprint density at radius 2 is 1.86 bits per heavy atom. The number of hydrogen-bond acceptors (Lipinski definition) is 3. The molecule has 2 aromatic rings. The van der Waals surface area contributed by atoms with Gasteiger partial charge in [0.2, 0.25) is 0 Å². The fourth-order valence-electron chi connectivity index (χ4n) is 2.92. The lowest BCUT2D eigenvalue weighted by molar-refractivity contribution is 0.405. The highest BCUT2D eigenvalue weighted by Gasteiger charge is 2.20. The summed E-state index contributed by atoms with van der Waals surface area (Å²) in [6, 6.07) is 4.24. The van der Waals surface area contributed by atoms with E-state index in [-0.39, 0.29) is 5.56 Å². The molecule has 2 rings (SSSR count). The average molecular weight is 286 g/mol. The molecule has 0 amide bonds. The molecule has 0 atom stereocenters. The predicted molar refractivity (Wildman–Crippen MR) is 85.1 cm³/mol. The summed E-state index contributed by atoms with van der Waals surface area (Å²) in [6.45, 7) is 8.07. The summed E-state index contributed by atoms with van der Waals surface area (Å²) in [6.07, 6.45) is 0.867. The van der Waals surface area contributed by atoms with Gasteiger partial charge in [0.1, 0.15) is 5.69 Å². The Morgan fingerprint density at radius 3 is 2.43 bits per heavy atom. The Kier molecular flexibility index (Phi) is 4.16. The largest absolute Gasteiger partial charge is 0.494 e. The fraction of sp³-hybridized carbons (Fsp3) is 0.412. The van der Waals surface area contributed by atoms with E-state index >= 15 is 0 Å². The van der Waals surface area contributed by atoms with E-state index in [0.717, 1.165) is 28.8 Å². The van der Waals surface area contributed by atoms with Crippen molar-refractivity contribution >= 4 is 0 Å². The van der Waals surface area contributed by atoms with Crippen LogP contribution < -0.4 is 10.3 Å². The number of aromatic nitrogens is 2. The molecular weight excluding hydrogens is 264 g/mol. The molecule has 0 saturated carbocycles. The minimum Gasteiger partial charge on any atom is -0.494 e. The zero-order valence-corrected chi connectivity index (χ0v) is 13.6. The molecule has 0 saturated heterocycles. The maximum Gasteiger partial charge on any atom is 0.278 e. The Morgan fingerprint density at radius 1 is 1.19 bits per heavy atom. The minimum atomic E-state index is -0.126. The van der Waals surface area contributed by atoms with Gasteiger partial charge >= 0.3 is 0 Å². The fourth-order valence-corrected chi connectivity index (χ4v) is 2.92. The Hall–Kier alpha value is -2.10. The third-order valence-corrected chi connectivity index (χ3v) is 3.76. The normalized spacial score (nSPS) is 10.8. The SMILES string of the molecule is CCc1cc(C)cc(C)c1-c1c(OC)c(C)nn(C)c1=O. The molecule has 0 unspecified atom stereocenters. The van der Waals surface area contributed by atoms with Gasteiger partial charge in [0.25, 0.3) is 5.56 Å². The highest BCUT2D eigenvalue weighted by atomic mass is 16.5. The standard InChI is InChI=1S/C17H22N2O2/c1-7-13-9-10(2)8-11(3)14(13)15-16(21-6)12(4)18-19(5)17(15)20/h8-9H,7H2,1-6H3. The van der Waals surface area contributed by atoms with Crippen LogP contribution >= 0.6 is 0 Å². The molecule has 0 aliphatic carbocycles. The summed E-state index contributed by atoms with van der Waals surface area (Å²) < 4.78 is 6.86. The number of nitrogens with zero attached hydrogens (tertiary/aromatic N) is 2. The van der Waals surface area contributed by atoms with Crippen molar-refractivity contribution in [1.29, 1.82) is 0 Å². The highest BCUT2D eigenvalue weighted by molar-refractivity contribution is 5.76. The first-order valence-electron chi connectivity index (χ1n) is 7.13. The number of benzene rings is 1. The molecule has 0 radical (unpaired) electrons. The van der Waals surface area contributed by atoms with Gasteiger partial charge in [0, 0.05) is 7.05 Å². The van der Waals surface area contributed by atoms with Crippen molar-refractivity contribution in [3.8, 4) is 16.9 Å². The van der Waals surface area contributed by atoms with Gasteiger partial charge in [-0.3, -0.25) is 4.79 Å². The van der Waals surface area contributed by atoms with Crippen LogP contribution in [0.25, 0.3) is 11.1 Å². The van der Waals surface area contributed by atoms with E-state index in [1.807, 2.05) is 13.8 Å². The number of rotatable bonds is 3.